The summed E-state index contributed by atoms with van der Waals surface area (Å²) in [6.45, 7) is -0.243. The molecule has 0 aromatic heterocycles. The van der Waals surface area contributed by atoms with Gasteiger partial charge in [-0.2, -0.15) is 5.26 Å². The summed E-state index contributed by atoms with van der Waals surface area (Å²) in [6.07, 6.45) is 0.263. The van der Waals surface area contributed by atoms with Crippen molar-refractivity contribution in [3.63, 3.8) is 0 Å². The smallest absolute Gasteiger partial charge is 0.407 e. The number of ether oxygens (including phenoxy) is 2. The second-order valence-electron chi connectivity index (χ2n) is 5.11. The molecule has 1 atom stereocenters. The number of hydrogen-bond donors (Lipinski definition) is 2. The van der Waals surface area contributed by atoms with Gasteiger partial charge in [0, 0.05) is 6.42 Å². The zero-order chi connectivity index (χ0) is 18.5. The summed E-state index contributed by atoms with van der Waals surface area (Å²) in [6, 6.07) is 10.2. The third-order valence-corrected chi connectivity index (χ3v) is 3.21. The van der Waals surface area contributed by atoms with Crippen LogP contribution in [0, 0.1) is 11.3 Å². The number of methoxy groups -OCH3 is 1. The van der Waals surface area contributed by atoms with Gasteiger partial charge in [-0.05, 0) is 18.4 Å². The average molecular weight is 347 g/mol. The minimum atomic E-state index is -0.854. The van der Waals surface area contributed by atoms with Crippen LogP contribution in [-0.2, 0) is 25.7 Å². The quantitative estimate of drug-likeness (QED) is 0.513. The van der Waals surface area contributed by atoms with Gasteiger partial charge in [-0.15, -0.1) is 0 Å². The minimum absolute atomic E-state index is 0.0905. The van der Waals surface area contributed by atoms with E-state index in [1.807, 2.05) is 36.4 Å². The number of carbonyl (C=O) groups excluding carboxylic acids is 3. The van der Waals surface area contributed by atoms with Crippen molar-refractivity contribution in [2.75, 3.05) is 13.7 Å². The molecule has 0 heterocycles. The zero-order valence-corrected chi connectivity index (χ0v) is 14.0. The number of benzene rings is 1. The highest BCUT2D eigenvalue weighted by molar-refractivity contribution is 5.87. The number of rotatable bonds is 9. The van der Waals surface area contributed by atoms with Crippen molar-refractivity contribution in [3.05, 3.63) is 35.9 Å². The average Bonchev–Trinajstić information content (AvgIpc) is 2.64. The molecule has 0 aliphatic rings. The molecule has 0 saturated carbocycles. The molecule has 134 valence electrons. The molecule has 0 bridgehead atoms. The molecule has 1 rings (SSSR count). The molecule has 0 radical (unpaired) electrons. The van der Waals surface area contributed by atoms with Crippen LogP contribution in [0.2, 0.25) is 0 Å². The van der Waals surface area contributed by atoms with Crippen LogP contribution in [0.5, 0.6) is 0 Å². The summed E-state index contributed by atoms with van der Waals surface area (Å²) < 4.78 is 9.58. The monoisotopic (exact) mass is 347 g/mol. The predicted molar refractivity (Wildman–Crippen MR) is 88.0 cm³/mol. The molecule has 0 aliphatic carbocycles. The van der Waals surface area contributed by atoms with Crippen molar-refractivity contribution >= 4 is 18.0 Å². The molecule has 0 saturated heterocycles. The first-order valence-corrected chi connectivity index (χ1v) is 7.75. The highest BCUT2D eigenvalue weighted by Gasteiger charge is 2.21. The third-order valence-electron chi connectivity index (χ3n) is 3.21. The highest BCUT2D eigenvalue weighted by atomic mass is 16.5. The van der Waals surface area contributed by atoms with E-state index in [1.54, 1.807) is 0 Å². The van der Waals surface area contributed by atoms with Crippen molar-refractivity contribution in [3.8, 4) is 6.07 Å². The van der Waals surface area contributed by atoms with Crippen LogP contribution in [0.15, 0.2) is 30.3 Å². The number of carbonyl (C=O) groups is 3. The molecule has 25 heavy (non-hydrogen) atoms. The second-order valence-corrected chi connectivity index (χ2v) is 5.11. The first kappa shape index (κ1) is 20.0. The van der Waals surface area contributed by atoms with E-state index in [4.69, 9.17) is 10.00 Å². The zero-order valence-electron chi connectivity index (χ0n) is 14.0. The Labute approximate surface area is 146 Å². The van der Waals surface area contributed by atoms with Crippen molar-refractivity contribution in [2.45, 2.75) is 31.9 Å². The van der Waals surface area contributed by atoms with Crippen LogP contribution in [0.1, 0.15) is 24.8 Å². The maximum Gasteiger partial charge on any atom is 0.407 e. The number of esters is 1. The Kier molecular flexibility index (Phi) is 9.15. The van der Waals surface area contributed by atoms with E-state index < -0.39 is 24.0 Å². The summed E-state index contributed by atoms with van der Waals surface area (Å²) in [4.78, 5) is 35.0. The first-order valence-electron chi connectivity index (χ1n) is 7.75. The van der Waals surface area contributed by atoms with Gasteiger partial charge in [0.05, 0.1) is 13.2 Å². The Bertz CT molecular complexity index is 612. The van der Waals surface area contributed by atoms with Gasteiger partial charge in [0.1, 0.15) is 19.2 Å². The van der Waals surface area contributed by atoms with Gasteiger partial charge in [0.15, 0.2) is 0 Å². The fraction of sp³-hybridized carbons (Fsp3) is 0.412. The van der Waals surface area contributed by atoms with Gasteiger partial charge in [0.2, 0.25) is 5.91 Å². The second kappa shape index (κ2) is 11.5. The maximum absolute atomic E-state index is 11.8. The van der Waals surface area contributed by atoms with E-state index in [0.717, 1.165) is 5.56 Å². The largest absolute Gasteiger partial charge is 0.467 e. The minimum Gasteiger partial charge on any atom is -0.467 e. The van der Waals surface area contributed by atoms with Gasteiger partial charge < -0.3 is 20.1 Å². The van der Waals surface area contributed by atoms with Crippen LogP contribution < -0.4 is 10.6 Å². The molecular formula is C17H21N3O5. The van der Waals surface area contributed by atoms with Crippen molar-refractivity contribution in [1.29, 1.82) is 5.26 Å². The van der Waals surface area contributed by atoms with E-state index in [-0.39, 0.29) is 26.0 Å². The number of nitrogens with zero attached hydrogens (tertiary/aromatic N) is 1. The molecule has 2 N–H and O–H groups in total. The van der Waals surface area contributed by atoms with Crippen molar-refractivity contribution in [2.24, 2.45) is 0 Å². The molecule has 0 spiro atoms. The highest BCUT2D eigenvalue weighted by Crippen LogP contribution is 2.03. The van der Waals surface area contributed by atoms with E-state index in [9.17, 15) is 14.4 Å². The summed E-state index contributed by atoms with van der Waals surface area (Å²) >= 11 is 0. The number of alkyl carbamates (subject to hydrolysis) is 1. The number of amides is 2. The Balaban J connectivity index is 2.34. The molecular weight excluding hydrogens is 326 g/mol. The van der Waals surface area contributed by atoms with E-state index >= 15 is 0 Å². The number of nitrogens with one attached hydrogen (secondary N) is 2. The summed E-state index contributed by atoms with van der Waals surface area (Å²) in [7, 11) is 1.21. The molecule has 0 unspecified atom stereocenters. The van der Waals surface area contributed by atoms with Crippen LogP contribution in [-0.4, -0.2) is 37.7 Å². The number of hydrogen-bond acceptors (Lipinski definition) is 6. The van der Waals surface area contributed by atoms with Gasteiger partial charge >= 0.3 is 12.1 Å². The molecule has 2 amide bonds. The molecule has 8 nitrogen and oxygen atoms in total. The van der Waals surface area contributed by atoms with E-state index in [1.165, 1.54) is 7.11 Å². The van der Waals surface area contributed by atoms with Gasteiger partial charge in [0.25, 0.3) is 0 Å². The third kappa shape index (κ3) is 8.37. The Morgan fingerprint density at radius 1 is 1.24 bits per heavy atom. The summed E-state index contributed by atoms with van der Waals surface area (Å²) in [5.74, 6) is -1.15. The van der Waals surface area contributed by atoms with E-state index in [0.29, 0.717) is 6.42 Å². The van der Waals surface area contributed by atoms with Crippen molar-refractivity contribution < 1.29 is 23.9 Å². The van der Waals surface area contributed by atoms with Crippen LogP contribution in [0.4, 0.5) is 4.79 Å². The molecule has 1 aromatic carbocycles. The lowest BCUT2D eigenvalue weighted by molar-refractivity contribution is -0.145. The number of unbranched alkanes of at least 4 members (excludes halogenated alkanes) is 1. The Morgan fingerprint density at radius 3 is 2.60 bits per heavy atom. The lowest BCUT2D eigenvalue weighted by atomic mass is 10.1. The molecule has 0 aliphatic heterocycles. The fourth-order valence-corrected chi connectivity index (χ4v) is 1.95. The lowest BCUT2D eigenvalue weighted by Gasteiger charge is -2.16. The lowest BCUT2D eigenvalue weighted by Crippen LogP contribution is -2.46. The Morgan fingerprint density at radius 2 is 1.96 bits per heavy atom. The van der Waals surface area contributed by atoms with Crippen LogP contribution in [0.25, 0.3) is 0 Å². The predicted octanol–water partition coefficient (Wildman–Crippen LogP) is 1.26. The molecule has 1 aromatic rings. The normalized spacial score (nSPS) is 10.9. The standard InChI is InChI=1S/C17H21N3O5/c1-24-16(22)14(9-5-6-10-18)20-15(21)11-19-17(23)25-12-13-7-3-2-4-8-13/h2-4,7-8,14H,5-6,9,11-12H2,1H3,(H,19,23)(H,20,21)/t14-/m1/s1. The SMILES string of the molecule is COC(=O)[C@@H](CCCC#N)NC(=O)CNC(=O)OCc1ccccc1. The van der Waals surface area contributed by atoms with Crippen LogP contribution in [0.3, 0.4) is 0 Å². The fourth-order valence-electron chi connectivity index (χ4n) is 1.95. The first-order chi connectivity index (χ1) is 12.1. The topological polar surface area (TPSA) is 118 Å². The number of nitriles is 1. The Hall–Kier alpha value is -3.08. The molecule has 0 fully saturated rings. The molecule has 8 heteroatoms. The van der Waals surface area contributed by atoms with Gasteiger partial charge in [-0.3, -0.25) is 4.79 Å². The summed E-state index contributed by atoms with van der Waals surface area (Å²) in [5, 5.41) is 13.3. The van der Waals surface area contributed by atoms with Gasteiger partial charge in [-0.25, -0.2) is 9.59 Å². The van der Waals surface area contributed by atoms with Gasteiger partial charge in [-0.1, -0.05) is 30.3 Å². The maximum atomic E-state index is 11.8. The van der Waals surface area contributed by atoms with E-state index in [2.05, 4.69) is 15.4 Å². The van der Waals surface area contributed by atoms with Crippen molar-refractivity contribution in [1.82, 2.24) is 10.6 Å². The summed E-state index contributed by atoms with van der Waals surface area (Å²) in [5.41, 5.74) is 0.824. The van der Waals surface area contributed by atoms with Crippen LogP contribution >= 0.6 is 0 Å².